The molecule has 3 aliphatic heterocycles. The second-order valence-electron chi connectivity index (χ2n) is 6.34. The molecule has 2 amide bonds. The largest absolute Gasteiger partial charge is 0.381 e. The first-order valence-electron chi connectivity index (χ1n) is 7.87. The molecule has 0 radical (unpaired) electrons. The Morgan fingerprint density at radius 3 is 2.71 bits per heavy atom. The molecule has 0 spiro atoms. The summed E-state index contributed by atoms with van der Waals surface area (Å²) in [5.41, 5.74) is 0. The molecular formula is C15H24N2O4. The zero-order valence-electron chi connectivity index (χ0n) is 12.6. The molecule has 3 fully saturated rings. The Balaban J connectivity index is 1.62. The van der Waals surface area contributed by atoms with Crippen LogP contribution >= 0.6 is 0 Å². The van der Waals surface area contributed by atoms with Crippen molar-refractivity contribution in [2.24, 2.45) is 11.8 Å². The molecule has 2 atom stereocenters. The van der Waals surface area contributed by atoms with Crippen molar-refractivity contribution in [2.75, 3.05) is 46.5 Å². The van der Waals surface area contributed by atoms with Crippen LogP contribution in [-0.2, 0) is 19.1 Å². The molecule has 0 N–H and O–H groups in total. The summed E-state index contributed by atoms with van der Waals surface area (Å²) in [5.74, 6) is 0.641. The minimum absolute atomic E-state index is 0.0340. The SMILES string of the molecule is CN1C[C@H]2CN(C(=O)C3CCOCC3)CC[C@@H]2OCC1=O. The number of rotatable bonds is 1. The van der Waals surface area contributed by atoms with Gasteiger partial charge in [-0.05, 0) is 19.3 Å². The lowest BCUT2D eigenvalue weighted by atomic mass is 9.91. The van der Waals surface area contributed by atoms with Crippen LogP contribution < -0.4 is 0 Å². The second-order valence-corrected chi connectivity index (χ2v) is 6.34. The number of amides is 2. The van der Waals surface area contributed by atoms with Gasteiger partial charge in [0.2, 0.25) is 11.8 Å². The van der Waals surface area contributed by atoms with Crippen LogP contribution in [-0.4, -0.2) is 74.2 Å². The normalized spacial score (nSPS) is 31.8. The van der Waals surface area contributed by atoms with Gasteiger partial charge in [-0.25, -0.2) is 0 Å². The van der Waals surface area contributed by atoms with E-state index in [9.17, 15) is 9.59 Å². The van der Waals surface area contributed by atoms with Gasteiger partial charge in [-0.15, -0.1) is 0 Å². The maximum Gasteiger partial charge on any atom is 0.248 e. The van der Waals surface area contributed by atoms with Gasteiger partial charge in [-0.2, -0.15) is 0 Å². The van der Waals surface area contributed by atoms with Crippen LogP contribution in [0.15, 0.2) is 0 Å². The fourth-order valence-electron chi connectivity index (χ4n) is 3.55. The van der Waals surface area contributed by atoms with Gasteiger partial charge >= 0.3 is 0 Å². The van der Waals surface area contributed by atoms with E-state index in [4.69, 9.17) is 9.47 Å². The van der Waals surface area contributed by atoms with Crippen molar-refractivity contribution < 1.29 is 19.1 Å². The van der Waals surface area contributed by atoms with Gasteiger partial charge in [-0.3, -0.25) is 9.59 Å². The Kier molecular flexibility index (Phi) is 4.45. The summed E-state index contributed by atoms with van der Waals surface area (Å²) < 4.78 is 11.0. The van der Waals surface area contributed by atoms with E-state index in [1.54, 1.807) is 4.90 Å². The van der Waals surface area contributed by atoms with E-state index in [1.165, 1.54) is 0 Å². The molecule has 0 aromatic carbocycles. The predicted octanol–water partition coefficient (Wildman–Crippen LogP) is 0.119. The number of likely N-dealkylation sites (N-methyl/N-ethyl adjacent to an activating group) is 1. The average Bonchev–Trinajstić information content (AvgIpc) is 2.66. The summed E-state index contributed by atoms with van der Waals surface area (Å²) >= 11 is 0. The van der Waals surface area contributed by atoms with Crippen LogP contribution in [0.2, 0.25) is 0 Å². The minimum Gasteiger partial charge on any atom is -0.381 e. The van der Waals surface area contributed by atoms with Crippen molar-refractivity contribution in [1.29, 1.82) is 0 Å². The first kappa shape index (κ1) is 14.8. The fourth-order valence-corrected chi connectivity index (χ4v) is 3.55. The standard InChI is InChI=1S/C15H24N2O4/c1-16-8-12-9-17(5-2-13(12)21-10-14(16)18)15(19)11-3-6-20-7-4-11/h11-13H,2-10H2,1H3/t12-,13-/m0/s1. The third-order valence-electron chi connectivity index (χ3n) is 4.90. The number of nitrogens with zero attached hydrogens (tertiary/aromatic N) is 2. The van der Waals surface area contributed by atoms with Gasteiger partial charge in [0.1, 0.15) is 6.61 Å². The maximum atomic E-state index is 12.6. The molecule has 118 valence electrons. The van der Waals surface area contributed by atoms with Crippen molar-refractivity contribution >= 4 is 11.8 Å². The van der Waals surface area contributed by atoms with E-state index in [2.05, 4.69) is 0 Å². The first-order chi connectivity index (χ1) is 10.1. The minimum atomic E-state index is 0.0340. The number of hydrogen-bond donors (Lipinski definition) is 0. The van der Waals surface area contributed by atoms with Crippen LogP contribution in [0.25, 0.3) is 0 Å². The highest BCUT2D eigenvalue weighted by atomic mass is 16.5. The van der Waals surface area contributed by atoms with E-state index in [0.29, 0.717) is 26.3 Å². The number of hydrogen-bond acceptors (Lipinski definition) is 4. The van der Waals surface area contributed by atoms with Crippen molar-refractivity contribution in [1.82, 2.24) is 9.80 Å². The van der Waals surface area contributed by atoms with Crippen molar-refractivity contribution in [3.05, 3.63) is 0 Å². The summed E-state index contributed by atoms with van der Waals surface area (Å²) in [6.07, 6.45) is 2.61. The molecule has 6 nitrogen and oxygen atoms in total. The summed E-state index contributed by atoms with van der Waals surface area (Å²) in [6, 6.07) is 0. The van der Waals surface area contributed by atoms with Crippen LogP contribution in [0.3, 0.4) is 0 Å². The second kappa shape index (κ2) is 6.32. The Bertz CT molecular complexity index is 408. The Labute approximate surface area is 125 Å². The van der Waals surface area contributed by atoms with Gasteiger partial charge in [0.25, 0.3) is 0 Å². The van der Waals surface area contributed by atoms with Gasteiger partial charge in [0, 0.05) is 51.7 Å². The zero-order valence-corrected chi connectivity index (χ0v) is 12.6. The number of carbonyl (C=O) groups is 2. The number of carbonyl (C=O) groups excluding carboxylic acids is 2. The molecule has 0 saturated carbocycles. The van der Waals surface area contributed by atoms with Gasteiger partial charge in [0.15, 0.2) is 0 Å². The van der Waals surface area contributed by atoms with Crippen LogP contribution in [0.4, 0.5) is 0 Å². The number of ether oxygens (including phenoxy) is 2. The molecule has 0 aromatic rings. The summed E-state index contributed by atoms with van der Waals surface area (Å²) in [5, 5.41) is 0. The van der Waals surface area contributed by atoms with Crippen LogP contribution in [0, 0.1) is 11.8 Å². The molecule has 3 saturated heterocycles. The molecule has 0 unspecified atom stereocenters. The Morgan fingerprint density at radius 1 is 1.19 bits per heavy atom. The average molecular weight is 296 g/mol. The van der Waals surface area contributed by atoms with Gasteiger partial charge in [-0.1, -0.05) is 0 Å². The highest BCUT2D eigenvalue weighted by Gasteiger charge is 2.37. The zero-order chi connectivity index (χ0) is 14.8. The van der Waals surface area contributed by atoms with Crippen molar-refractivity contribution in [3.8, 4) is 0 Å². The van der Waals surface area contributed by atoms with E-state index in [-0.39, 0.29) is 36.4 Å². The van der Waals surface area contributed by atoms with E-state index in [0.717, 1.165) is 25.8 Å². The lowest BCUT2D eigenvalue weighted by Gasteiger charge is -2.39. The van der Waals surface area contributed by atoms with Crippen LogP contribution in [0.1, 0.15) is 19.3 Å². The lowest BCUT2D eigenvalue weighted by molar-refractivity contribution is -0.143. The smallest absolute Gasteiger partial charge is 0.248 e. The molecular weight excluding hydrogens is 272 g/mol. The monoisotopic (exact) mass is 296 g/mol. The highest BCUT2D eigenvalue weighted by Crippen LogP contribution is 2.26. The molecule has 3 aliphatic rings. The molecule has 21 heavy (non-hydrogen) atoms. The first-order valence-corrected chi connectivity index (χ1v) is 7.87. The topological polar surface area (TPSA) is 59.1 Å². The van der Waals surface area contributed by atoms with E-state index < -0.39 is 0 Å². The lowest BCUT2D eigenvalue weighted by Crippen LogP contribution is -2.50. The number of likely N-dealkylation sites (tertiary alicyclic amines) is 1. The number of fused-ring (bicyclic) bond motifs is 1. The third kappa shape index (κ3) is 3.21. The van der Waals surface area contributed by atoms with E-state index in [1.807, 2.05) is 11.9 Å². The maximum absolute atomic E-state index is 12.6. The fraction of sp³-hybridized carbons (Fsp3) is 0.867. The third-order valence-corrected chi connectivity index (χ3v) is 4.90. The molecule has 3 heterocycles. The van der Waals surface area contributed by atoms with Crippen LogP contribution in [0.5, 0.6) is 0 Å². The molecule has 0 aliphatic carbocycles. The summed E-state index contributed by atoms with van der Waals surface area (Å²) in [6.45, 7) is 3.69. The van der Waals surface area contributed by atoms with Crippen molar-refractivity contribution in [2.45, 2.75) is 25.4 Å². The Hall–Kier alpha value is -1.14. The molecule has 0 bridgehead atoms. The van der Waals surface area contributed by atoms with E-state index >= 15 is 0 Å². The van der Waals surface area contributed by atoms with Gasteiger partial charge in [0.05, 0.1) is 6.10 Å². The highest BCUT2D eigenvalue weighted by molar-refractivity contribution is 5.79. The predicted molar refractivity (Wildman–Crippen MR) is 75.6 cm³/mol. The molecule has 3 rings (SSSR count). The summed E-state index contributed by atoms with van der Waals surface area (Å²) in [4.78, 5) is 28.0. The molecule has 0 aromatic heterocycles. The number of piperidine rings is 1. The quantitative estimate of drug-likeness (QED) is 0.689. The molecule has 6 heteroatoms. The Morgan fingerprint density at radius 2 is 1.95 bits per heavy atom. The summed E-state index contributed by atoms with van der Waals surface area (Å²) in [7, 11) is 1.81. The van der Waals surface area contributed by atoms with Crippen molar-refractivity contribution in [3.63, 3.8) is 0 Å². The van der Waals surface area contributed by atoms with Gasteiger partial charge < -0.3 is 19.3 Å².